The average molecular weight is 583 g/mol. The molecule has 9 heteroatoms. The van der Waals surface area contributed by atoms with Crippen molar-refractivity contribution in [3.05, 3.63) is 130 Å². The van der Waals surface area contributed by atoms with Crippen molar-refractivity contribution in [3.63, 3.8) is 0 Å². The molecule has 2 nitrogen and oxygen atoms in total. The van der Waals surface area contributed by atoms with Crippen LogP contribution in [0.4, 0.5) is 30.7 Å². The van der Waals surface area contributed by atoms with Gasteiger partial charge in [0.1, 0.15) is 28.7 Å². The van der Waals surface area contributed by atoms with E-state index in [4.69, 9.17) is 4.74 Å². The maximum Gasteiger partial charge on any atom is 0.432 e. The number of ether oxygens (including phenoxy) is 2. The summed E-state index contributed by atoms with van der Waals surface area (Å²) in [4.78, 5) is 0. The van der Waals surface area contributed by atoms with Crippen molar-refractivity contribution < 1.29 is 40.2 Å². The molecule has 0 atom stereocenters. The van der Waals surface area contributed by atoms with E-state index in [-0.39, 0.29) is 17.7 Å². The molecule has 0 aliphatic carbocycles. The number of hydrogen-bond donors (Lipinski definition) is 0. The van der Waals surface area contributed by atoms with Gasteiger partial charge in [-0.15, -0.1) is 0 Å². The second kappa shape index (κ2) is 13.2. The van der Waals surface area contributed by atoms with E-state index in [1.807, 2.05) is 24.3 Å². The summed E-state index contributed by atoms with van der Waals surface area (Å²) in [6.07, 6.45) is -2.66. The minimum Gasteiger partial charge on any atom is -0.494 e. The number of alkyl halides is 2. The molecule has 4 rings (SSSR count). The molecular formula is C33H21F7O2. The second-order valence-corrected chi connectivity index (χ2v) is 8.94. The Morgan fingerprint density at radius 2 is 1.05 bits per heavy atom. The van der Waals surface area contributed by atoms with Gasteiger partial charge in [-0.2, -0.15) is 8.78 Å². The molecule has 0 radical (unpaired) electrons. The van der Waals surface area contributed by atoms with Crippen LogP contribution < -0.4 is 9.47 Å². The van der Waals surface area contributed by atoms with Gasteiger partial charge >= 0.3 is 6.11 Å². The summed E-state index contributed by atoms with van der Waals surface area (Å²) in [6.45, 7) is 2.74. The number of hydrogen-bond acceptors (Lipinski definition) is 2. The van der Waals surface area contributed by atoms with E-state index in [2.05, 4.69) is 35.3 Å². The monoisotopic (exact) mass is 582 g/mol. The first-order chi connectivity index (χ1) is 20.1. The molecule has 0 heterocycles. The Kier molecular flexibility index (Phi) is 9.44. The van der Waals surface area contributed by atoms with Crippen LogP contribution in [0, 0.1) is 52.8 Å². The molecule has 0 spiro atoms. The van der Waals surface area contributed by atoms with Crippen molar-refractivity contribution in [1.29, 1.82) is 0 Å². The maximum absolute atomic E-state index is 14.5. The van der Waals surface area contributed by atoms with Crippen molar-refractivity contribution in [3.8, 4) is 35.2 Å². The van der Waals surface area contributed by atoms with Crippen molar-refractivity contribution in [2.24, 2.45) is 0 Å². The number of unbranched alkanes of at least 4 members (excludes halogenated alkanes) is 1. The summed E-state index contributed by atoms with van der Waals surface area (Å²) in [5.74, 6) is 1.85. The van der Waals surface area contributed by atoms with Gasteiger partial charge in [0.15, 0.2) is 17.5 Å². The lowest BCUT2D eigenvalue weighted by atomic mass is 10.1. The van der Waals surface area contributed by atoms with Crippen LogP contribution in [0.25, 0.3) is 0 Å². The maximum atomic E-state index is 14.5. The second-order valence-electron chi connectivity index (χ2n) is 8.94. The Morgan fingerprint density at radius 1 is 0.595 bits per heavy atom. The van der Waals surface area contributed by atoms with Crippen LogP contribution in [0.5, 0.6) is 11.5 Å². The van der Waals surface area contributed by atoms with Crippen molar-refractivity contribution in [1.82, 2.24) is 0 Å². The van der Waals surface area contributed by atoms with E-state index in [9.17, 15) is 30.7 Å². The molecule has 0 aliphatic heterocycles. The minimum atomic E-state index is -4.68. The zero-order valence-electron chi connectivity index (χ0n) is 22.0. The molecule has 0 N–H and O–H groups in total. The third-order valence-corrected chi connectivity index (χ3v) is 5.74. The minimum absolute atomic E-state index is 0.126. The predicted octanol–water partition coefficient (Wildman–Crippen LogP) is 8.49. The molecule has 42 heavy (non-hydrogen) atoms. The quantitative estimate of drug-likeness (QED) is 0.0942. The van der Waals surface area contributed by atoms with Crippen LogP contribution in [0.3, 0.4) is 0 Å². The summed E-state index contributed by atoms with van der Waals surface area (Å²) < 4.78 is 108. The van der Waals surface area contributed by atoms with Crippen LogP contribution >= 0.6 is 0 Å². The molecule has 0 bridgehead atoms. The number of halogens is 7. The van der Waals surface area contributed by atoms with Gasteiger partial charge in [-0.3, -0.25) is 0 Å². The zero-order chi connectivity index (χ0) is 30.3. The molecule has 0 saturated heterocycles. The smallest absolute Gasteiger partial charge is 0.432 e. The van der Waals surface area contributed by atoms with Crippen LogP contribution in [-0.2, 0) is 6.11 Å². The zero-order valence-corrected chi connectivity index (χ0v) is 22.0. The summed E-state index contributed by atoms with van der Waals surface area (Å²) in [5.41, 5.74) is -0.113. The lowest BCUT2D eigenvalue weighted by molar-refractivity contribution is -0.189. The van der Waals surface area contributed by atoms with E-state index in [1.54, 1.807) is 24.3 Å². The first kappa shape index (κ1) is 30.1. The predicted molar refractivity (Wildman–Crippen MR) is 142 cm³/mol. The van der Waals surface area contributed by atoms with Crippen molar-refractivity contribution >= 4 is 0 Å². The highest BCUT2D eigenvalue weighted by Gasteiger charge is 2.41. The number of benzene rings is 4. The van der Waals surface area contributed by atoms with E-state index >= 15 is 0 Å². The molecule has 0 aromatic heterocycles. The Balaban J connectivity index is 1.44. The average Bonchev–Trinajstić information content (AvgIpc) is 2.94. The number of rotatable bonds is 7. The molecule has 0 amide bonds. The van der Waals surface area contributed by atoms with Gasteiger partial charge in [-0.1, -0.05) is 37.0 Å². The van der Waals surface area contributed by atoms with Gasteiger partial charge in [0.05, 0.1) is 6.61 Å². The molecule has 0 fully saturated rings. The van der Waals surface area contributed by atoms with E-state index < -0.39 is 46.5 Å². The third kappa shape index (κ3) is 7.64. The Morgan fingerprint density at radius 3 is 1.52 bits per heavy atom. The lowest BCUT2D eigenvalue weighted by Gasteiger charge is -2.19. The highest BCUT2D eigenvalue weighted by molar-refractivity contribution is 5.49. The summed E-state index contributed by atoms with van der Waals surface area (Å²) in [7, 11) is 0. The normalized spacial score (nSPS) is 10.8. The van der Waals surface area contributed by atoms with E-state index in [0.717, 1.165) is 24.2 Å². The Hall–Kier alpha value is -4.89. The van der Waals surface area contributed by atoms with E-state index in [0.29, 0.717) is 29.9 Å². The lowest BCUT2D eigenvalue weighted by Crippen LogP contribution is -2.25. The van der Waals surface area contributed by atoms with Crippen LogP contribution in [0.15, 0.2) is 72.8 Å². The summed E-state index contributed by atoms with van der Waals surface area (Å²) in [6, 6.07) is 15.4. The van der Waals surface area contributed by atoms with Gasteiger partial charge in [-0.05, 0) is 67.1 Å². The van der Waals surface area contributed by atoms with Gasteiger partial charge in [0.25, 0.3) is 0 Å². The van der Waals surface area contributed by atoms with Crippen LogP contribution in [0.1, 0.15) is 47.6 Å². The van der Waals surface area contributed by atoms with Crippen molar-refractivity contribution in [2.75, 3.05) is 6.61 Å². The first-order valence-corrected chi connectivity index (χ1v) is 12.6. The Labute approximate surface area is 237 Å². The molecule has 0 aliphatic rings. The molecule has 0 saturated carbocycles. The largest absolute Gasteiger partial charge is 0.494 e. The molecule has 4 aromatic carbocycles. The van der Waals surface area contributed by atoms with Gasteiger partial charge < -0.3 is 9.47 Å². The van der Waals surface area contributed by atoms with Crippen molar-refractivity contribution in [2.45, 2.75) is 25.9 Å². The molecular weight excluding hydrogens is 561 g/mol. The fourth-order valence-electron chi connectivity index (χ4n) is 3.61. The topological polar surface area (TPSA) is 18.5 Å². The van der Waals surface area contributed by atoms with E-state index in [1.165, 1.54) is 0 Å². The van der Waals surface area contributed by atoms with Gasteiger partial charge in [-0.25, -0.2) is 22.0 Å². The standard InChI is InChI=1S/C33H21F7O2/c1-2-3-16-41-25-14-12-23(13-15-25)9-8-21-4-6-22(7-5-21)10-11-24-17-27(34)31(28(35)18-24)33(39,40)42-26-19-29(36)32(38)30(37)20-26/h4-7,12-15,17-20H,2-3,16H2,1H3. The Bertz CT molecular complexity index is 1650. The fraction of sp³-hybridized carbons (Fsp3) is 0.152. The summed E-state index contributed by atoms with van der Waals surface area (Å²) >= 11 is 0. The molecule has 4 aromatic rings. The highest BCUT2D eigenvalue weighted by Crippen LogP contribution is 2.36. The first-order valence-electron chi connectivity index (χ1n) is 12.6. The third-order valence-electron chi connectivity index (χ3n) is 5.74. The SMILES string of the molecule is CCCCOc1ccc(C#Cc2ccc(C#Cc3cc(F)c(C(F)(F)Oc4cc(F)c(F)c(F)c4)c(F)c3)cc2)cc1. The summed E-state index contributed by atoms with van der Waals surface area (Å²) in [5, 5.41) is 0. The fourth-order valence-corrected chi connectivity index (χ4v) is 3.61. The van der Waals surface area contributed by atoms with Crippen LogP contribution in [-0.4, -0.2) is 6.61 Å². The highest BCUT2D eigenvalue weighted by atomic mass is 19.3. The van der Waals surface area contributed by atoms with Gasteiger partial charge in [0.2, 0.25) is 0 Å². The molecule has 0 unspecified atom stereocenters. The van der Waals surface area contributed by atoms with Gasteiger partial charge in [0, 0.05) is 34.4 Å². The van der Waals surface area contributed by atoms with Crippen LogP contribution in [0.2, 0.25) is 0 Å². The molecule has 214 valence electrons.